The van der Waals surface area contributed by atoms with E-state index in [0.29, 0.717) is 35.1 Å². The van der Waals surface area contributed by atoms with E-state index in [4.69, 9.17) is 0 Å². The Hall–Kier alpha value is -2.11. The van der Waals surface area contributed by atoms with Crippen molar-refractivity contribution in [2.24, 2.45) is 17.3 Å². The van der Waals surface area contributed by atoms with Crippen LogP contribution in [-0.4, -0.2) is 51.1 Å². The van der Waals surface area contributed by atoms with Crippen LogP contribution in [0.3, 0.4) is 0 Å². The van der Waals surface area contributed by atoms with Crippen molar-refractivity contribution in [3.63, 3.8) is 0 Å². The molecule has 0 amide bonds. The zero-order valence-electron chi connectivity index (χ0n) is 19.9. The van der Waals surface area contributed by atoms with Gasteiger partial charge >= 0.3 is 0 Å². The first kappa shape index (κ1) is 20.1. The van der Waals surface area contributed by atoms with Gasteiger partial charge < -0.3 is 10.1 Å². The number of aromatic hydroxyl groups is 1. The van der Waals surface area contributed by atoms with Crippen LogP contribution in [0, 0.1) is 17.3 Å². The summed E-state index contributed by atoms with van der Waals surface area (Å²) in [6, 6.07) is 12.3. The Morgan fingerprint density at radius 2 is 2.06 bits per heavy atom. The zero-order chi connectivity index (χ0) is 22.7. The number of aromatic amines is 1. The van der Waals surface area contributed by atoms with Gasteiger partial charge in [-0.3, -0.25) is 14.6 Å². The molecule has 5 unspecified atom stereocenters. The Kier molecular flexibility index (Phi) is 4.00. The Morgan fingerprint density at radius 3 is 2.88 bits per heavy atom. The molecule has 34 heavy (non-hydrogen) atoms. The van der Waals surface area contributed by atoms with Crippen molar-refractivity contribution in [1.82, 2.24) is 14.8 Å². The van der Waals surface area contributed by atoms with Crippen LogP contribution >= 0.6 is 0 Å². The number of benzene rings is 1. The average molecular weight is 458 g/mol. The molecule has 0 radical (unpaired) electrons. The van der Waals surface area contributed by atoms with Gasteiger partial charge in [0.2, 0.25) is 0 Å². The third kappa shape index (κ3) is 2.31. The van der Waals surface area contributed by atoms with Gasteiger partial charge in [-0.25, -0.2) is 0 Å². The Balaban J connectivity index is 1.25. The number of H-pyrrole nitrogens is 1. The van der Waals surface area contributed by atoms with Crippen LogP contribution in [0.15, 0.2) is 41.3 Å². The van der Waals surface area contributed by atoms with E-state index in [1.807, 2.05) is 18.2 Å². The molecule has 1 aromatic heterocycles. The number of phenolic OH excluding ortho intramolecular Hbond substituents is 1. The van der Waals surface area contributed by atoms with Gasteiger partial charge in [0.05, 0.1) is 0 Å². The molecule has 6 aliphatic rings. The van der Waals surface area contributed by atoms with Crippen molar-refractivity contribution in [3.8, 4) is 5.75 Å². The smallest absolute Gasteiger partial charge is 0.252 e. The number of rotatable bonds is 3. The summed E-state index contributed by atoms with van der Waals surface area (Å²) in [6.07, 6.45) is 12.2. The highest BCUT2D eigenvalue weighted by atomic mass is 16.3. The van der Waals surface area contributed by atoms with Gasteiger partial charge in [-0.15, -0.1) is 0 Å². The summed E-state index contributed by atoms with van der Waals surface area (Å²) in [6.45, 7) is 3.11. The first-order valence-corrected chi connectivity index (χ1v) is 13.6. The van der Waals surface area contributed by atoms with Gasteiger partial charge in [0.25, 0.3) is 5.56 Å². The van der Waals surface area contributed by atoms with E-state index < -0.39 is 0 Å². The lowest BCUT2D eigenvalue weighted by molar-refractivity contribution is -0.125. The number of fused-ring (bicyclic) bond motifs is 1. The number of phenols is 1. The molecule has 6 atom stereocenters. The molecule has 2 N–H and O–H groups in total. The van der Waals surface area contributed by atoms with Crippen molar-refractivity contribution in [2.45, 2.75) is 81.5 Å². The molecule has 1 aromatic carbocycles. The summed E-state index contributed by atoms with van der Waals surface area (Å²) in [5, 5.41) is 10.6. The minimum atomic E-state index is 0.0599. The monoisotopic (exact) mass is 457 g/mol. The summed E-state index contributed by atoms with van der Waals surface area (Å²) in [4.78, 5) is 21.0. The second-order valence-corrected chi connectivity index (χ2v) is 12.3. The van der Waals surface area contributed by atoms with Gasteiger partial charge in [-0.05, 0) is 98.1 Å². The Bertz CT molecular complexity index is 1220. The molecule has 0 spiro atoms. The topological polar surface area (TPSA) is 59.6 Å². The Labute approximate surface area is 201 Å². The van der Waals surface area contributed by atoms with Crippen LogP contribution < -0.4 is 5.56 Å². The van der Waals surface area contributed by atoms with Crippen molar-refractivity contribution in [2.75, 3.05) is 13.1 Å². The van der Waals surface area contributed by atoms with Crippen molar-refractivity contribution < 1.29 is 5.11 Å². The maximum atomic E-state index is 12.5. The molecule has 2 saturated heterocycles. The zero-order valence-corrected chi connectivity index (χ0v) is 19.9. The van der Waals surface area contributed by atoms with Crippen LogP contribution in [0.2, 0.25) is 0 Å². The first-order chi connectivity index (χ1) is 16.6. The second-order valence-electron chi connectivity index (χ2n) is 12.3. The normalized spacial score (nSPS) is 40.6. The molecule has 5 heteroatoms. The molecule has 2 aliphatic heterocycles. The molecule has 8 rings (SSSR count). The van der Waals surface area contributed by atoms with Gasteiger partial charge in [-0.1, -0.05) is 18.6 Å². The SMILES string of the molecule is O=c1[nH]cccc1CN1C[C@H]2CC34CCC1C2C31CCN(C2CCC2)C4Cc2ccc(O)cc21. The van der Waals surface area contributed by atoms with Gasteiger partial charge in [0.1, 0.15) is 5.75 Å². The molecule has 178 valence electrons. The van der Waals surface area contributed by atoms with E-state index in [9.17, 15) is 9.90 Å². The number of nitrogens with one attached hydrogen (secondary N) is 1. The van der Waals surface area contributed by atoms with Crippen molar-refractivity contribution >= 4 is 0 Å². The van der Waals surface area contributed by atoms with Gasteiger partial charge in [-0.2, -0.15) is 0 Å². The number of hydrogen-bond donors (Lipinski definition) is 2. The number of pyridine rings is 1. The highest BCUT2D eigenvalue weighted by molar-refractivity contribution is 5.50. The lowest BCUT2D eigenvalue weighted by atomic mass is 9.43. The van der Waals surface area contributed by atoms with Gasteiger partial charge in [0.15, 0.2) is 0 Å². The molecule has 2 aromatic rings. The van der Waals surface area contributed by atoms with Crippen molar-refractivity contribution in [3.05, 3.63) is 63.6 Å². The number of aromatic nitrogens is 1. The second kappa shape index (κ2) is 6.76. The maximum Gasteiger partial charge on any atom is 0.252 e. The van der Waals surface area contributed by atoms with Crippen LogP contribution in [0.4, 0.5) is 0 Å². The van der Waals surface area contributed by atoms with Crippen LogP contribution in [0.25, 0.3) is 0 Å². The predicted octanol–water partition coefficient (Wildman–Crippen LogP) is 3.80. The van der Waals surface area contributed by atoms with Crippen LogP contribution in [-0.2, 0) is 18.4 Å². The number of piperidine rings is 1. The third-order valence-electron chi connectivity index (χ3n) is 11.4. The minimum Gasteiger partial charge on any atom is -0.508 e. The summed E-state index contributed by atoms with van der Waals surface area (Å²) >= 11 is 0. The lowest BCUT2D eigenvalue weighted by Gasteiger charge is -2.68. The average Bonchev–Trinajstić information content (AvgIpc) is 3.21. The molecule has 3 saturated carbocycles. The highest BCUT2D eigenvalue weighted by Crippen LogP contribution is 2.75. The van der Waals surface area contributed by atoms with Crippen molar-refractivity contribution in [1.29, 1.82) is 0 Å². The summed E-state index contributed by atoms with van der Waals surface area (Å²) < 4.78 is 0. The van der Waals surface area contributed by atoms with E-state index in [-0.39, 0.29) is 11.0 Å². The predicted molar refractivity (Wildman–Crippen MR) is 131 cm³/mol. The fraction of sp³-hybridized carbons (Fsp3) is 0.621. The highest BCUT2D eigenvalue weighted by Gasteiger charge is 2.76. The number of hydrogen-bond acceptors (Lipinski definition) is 4. The van der Waals surface area contributed by atoms with E-state index in [1.165, 1.54) is 69.0 Å². The lowest BCUT2D eigenvalue weighted by Crippen LogP contribution is -2.71. The number of nitrogens with zero attached hydrogens (tertiary/aromatic N) is 2. The molecule has 4 bridgehead atoms. The molecule has 4 aliphatic carbocycles. The number of likely N-dealkylation sites (tertiary alicyclic amines) is 2. The fourth-order valence-electron chi connectivity index (χ4n) is 10.3. The molecular formula is C29H35N3O2. The summed E-state index contributed by atoms with van der Waals surface area (Å²) in [7, 11) is 0. The fourth-order valence-corrected chi connectivity index (χ4v) is 10.3. The van der Waals surface area contributed by atoms with E-state index >= 15 is 0 Å². The van der Waals surface area contributed by atoms with E-state index in [0.717, 1.165) is 24.7 Å². The van der Waals surface area contributed by atoms with Gasteiger partial charge in [0, 0.05) is 48.4 Å². The molecular weight excluding hydrogens is 422 g/mol. The quantitative estimate of drug-likeness (QED) is 0.736. The first-order valence-electron chi connectivity index (χ1n) is 13.6. The summed E-state index contributed by atoms with van der Waals surface area (Å²) in [5.74, 6) is 1.79. The standard InChI is InChI=1S/C29H35N3O2/c33-22-7-6-18-13-25-28-9-8-24-26(20(15-28)17-31(24)16-19-3-2-11-30-27(19)34)29(28,23(18)14-22)10-12-32(25)21-4-1-5-21/h2-3,6-7,11,14,20-21,24-26,33H,1,4-5,8-10,12-13,15-17H2,(H,30,34)/t20-,24?,25?,26?,28?,29?/m1/s1. The molecule has 3 heterocycles. The Morgan fingerprint density at radius 1 is 1.15 bits per heavy atom. The van der Waals surface area contributed by atoms with E-state index in [1.54, 1.807) is 6.20 Å². The van der Waals surface area contributed by atoms with Crippen LogP contribution in [0.5, 0.6) is 5.75 Å². The third-order valence-corrected chi connectivity index (χ3v) is 11.4. The van der Waals surface area contributed by atoms with Crippen LogP contribution in [0.1, 0.15) is 61.6 Å². The summed E-state index contributed by atoms with van der Waals surface area (Å²) in [5.41, 5.74) is 4.51. The largest absolute Gasteiger partial charge is 0.508 e. The molecule has 5 fully saturated rings. The molecule has 5 nitrogen and oxygen atoms in total. The maximum absolute atomic E-state index is 12.5. The van der Waals surface area contributed by atoms with E-state index in [2.05, 4.69) is 26.9 Å². The minimum absolute atomic E-state index is 0.0599.